The van der Waals surface area contributed by atoms with Gasteiger partial charge in [0.15, 0.2) is 16.7 Å². The topological polar surface area (TPSA) is 72.3 Å². The monoisotopic (exact) mass is 389 g/mol. The second kappa shape index (κ2) is 8.73. The van der Waals surface area contributed by atoms with Crippen LogP contribution in [0.25, 0.3) is 0 Å². The molecule has 2 aromatic carbocycles. The molecule has 26 heavy (non-hydrogen) atoms. The normalized spacial score (nSPS) is 15.5. The number of amidine groups is 1. The van der Waals surface area contributed by atoms with E-state index in [0.717, 1.165) is 11.1 Å². The predicted octanol–water partition coefficient (Wildman–Crippen LogP) is 3.48. The van der Waals surface area contributed by atoms with E-state index < -0.39 is 0 Å². The van der Waals surface area contributed by atoms with Crippen LogP contribution in [0.2, 0.25) is 5.02 Å². The molecule has 1 aliphatic rings. The molecular formula is C18H16ClN3O3S. The lowest BCUT2D eigenvalue weighted by molar-refractivity contribution is -0.116. The molecule has 0 unspecified atom stereocenters. The van der Waals surface area contributed by atoms with Gasteiger partial charge in [0.25, 0.3) is 0 Å². The summed E-state index contributed by atoms with van der Waals surface area (Å²) in [5.74, 6) is 1.46. The summed E-state index contributed by atoms with van der Waals surface area (Å²) in [6.07, 6.45) is 1.57. The number of hydrogen-bond acceptors (Lipinski definition) is 6. The standard InChI is InChI=1S/C18H16ClN3O3S/c1-24-15-4-2-3-13(9-20-22-18-21-16(23)11-26-18)17(15)25-10-12-5-7-14(19)8-6-12/h2-9H,10-11H2,1H3,(H,21,22,23). The number of para-hydroxylation sites is 1. The van der Waals surface area contributed by atoms with Crippen LogP contribution in [-0.4, -0.2) is 30.2 Å². The first-order valence-corrected chi connectivity index (χ1v) is 9.10. The Labute approximate surface area is 160 Å². The van der Waals surface area contributed by atoms with Crippen LogP contribution in [0, 0.1) is 0 Å². The van der Waals surface area contributed by atoms with E-state index in [-0.39, 0.29) is 5.91 Å². The fourth-order valence-corrected chi connectivity index (χ4v) is 2.97. The molecule has 0 aliphatic carbocycles. The Kier molecular flexibility index (Phi) is 6.14. The minimum atomic E-state index is -0.0719. The summed E-state index contributed by atoms with van der Waals surface area (Å²) in [6.45, 7) is 0.360. The molecule has 1 heterocycles. The lowest BCUT2D eigenvalue weighted by Crippen LogP contribution is -2.19. The Morgan fingerprint density at radius 1 is 1.27 bits per heavy atom. The maximum absolute atomic E-state index is 11.2. The zero-order chi connectivity index (χ0) is 18.4. The Bertz CT molecular complexity index is 853. The number of hydrogen-bond donors (Lipinski definition) is 1. The van der Waals surface area contributed by atoms with Gasteiger partial charge in [-0.05, 0) is 29.8 Å². The smallest absolute Gasteiger partial charge is 0.236 e. The predicted molar refractivity (Wildman–Crippen MR) is 104 cm³/mol. The number of halogens is 1. The van der Waals surface area contributed by atoms with Crippen molar-refractivity contribution in [3.8, 4) is 11.5 Å². The highest BCUT2D eigenvalue weighted by Gasteiger charge is 2.16. The van der Waals surface area contributed by atoms with E-state index in [4.69, 9.17) is 21.1 Å². The first kappa shape index (κ1) is 18.3. The molecule has 1 fully saturated rings. The average molecular weight is 390 g/mol. The highest BCUT2D eigenvalue weighted by atomic mass is 35.5. The second-order valence-corrected chi connectivity index (χ2v) is 6.68. The van der Waals surface area contributed by atoms with Gasteiger partial charge >= 0.3 is 0 Å². The molecule has 8 heteroatoms. The summed E-state index contributed by atoms with van der Waals surface area (Å²) in [6, 6.07) is 12.9. The van der Waals surface area contributed by atoms with Crippen LogP contribution in [0.4, 0.5) is 0 Å². The zero-order valence-electron chi connectivity index (χ0n) is 13.9. The molecule has 134 valence electrons. The fourth-order valence-electron chi connectivity index (χ4n) is 2.21. The summed E-state index contributed by atoms with van der Waals surface area (Å²) in [5, 5.41) is 11.8. The summed E-state index contributed by atoms with van der Waals surface area (Å²) >= 11 is 7.22. The Hall–Kier alpha value is -2.51. The van der Waals surface area contributed by atoms with Crippen LogP contribution in [0.5, 0.6) is 11.5 Å². The first-order valence-electron chi connectivity index (χ1n) is 7.73. The van der Waals surface area contributed by atoms with Gasteiger partial charge in [-0.15, -0.1) is 5.10 Å². The summed E-state index contributed by atoms with van der Waals surface area (Å²) in [4.78, 5) is 11.2. The molecule has 1 saturated heterocycles. The number of carbonyl (C=O) groups excluding carboxylic acids is 1. The van der Waals surface area contributed by atoms with Gasteiger partial charge in [0.1, 0.15) is 6.61 Å². The van der Waals surface area contributed by atoms with Crippen molar-refractivity contribution in [2.24, 2.45) is 10.2 Å². The molecule has 1 amide bonds. The van der Waals surface area contributed by atoms with E-state index in [9.17, 15) is 4.79 Å². The number of rotatable bonds is 6. The van der Waals surface area contributed by atoms with Crippen molar-refractivity contribution < 1.29 is 14.3 Å². The van der Waals surface area contributed by atoms with Crippen molar-refractivity contribution in [3.05, 3.63) is 58.6 Å². The van der Waals surface area contributed by atoms with Gasteiger partial charge in [-0.25, -0.2) is 0 Å². The molecule has 2 aromatic rings. The van der Waals surface area contributed by atoms with E-state index in [1.54, 1.807) is 13.3 Å². The third-order valence-electron chi connectivity index (χ3n) is 3.46. The quantitative estimate of drug-likeness (QED) is 0.606. The number of nitrogens with zero attached hydrogens (tertiary/aromatic N) is 2. The SMILES string of the molecule is COc1cccc(C=NN=C2NC(=O)CS2)c1OCc1ccc(Cl)cc1. The highest BCUT2D eigenvalue weighted by Crippen LogP contribution is 2.31. The molecule has 0 aromatic heterocycles. The van der Waals surface area contributed by atoms with E-state index >= 15 is 0 Å². The van der Waals surface area contributed by atoms with Crippen molar-refractivity contribution in [1.29, 1.82) is 0 Å². The van der Waals surface area contributed by atoms with Gasteiger partial charge in [-0.1, -0.05) is 41.6 Å². The molecule has 1 N–H and O–H groups in total. The third kappa shape index (κ3) is 4.77. The lowest BCUT2D eigenvalue weighted by atomic mass is 10.2. The van der Waals surface area contributed by atoms with E-state index in [0.29, 0.717) is 34.0 Å². The van der Waals surface area contributed by atoms with Crippen LogP contribution >= 0.6 is 23.4 Å². The van der Waals surface area contributed by atoms with Gasteiger partial charge in [0.2, 0.25) is 5.91 Å². The maximum Gasteiger partial charge on any atom is 0.236 e. The van der Waals surface area contributed by atoms with E-state index in [2.05, 4.69) is 15.5 Å². The number of methoxy groups -OCH3 is 1. The second-order valence-electron chi connectivity index (χ2n) is 5.28. The van der Waals surface area contributed by atoms with Crippen molar-refractivity contribution >= 4 is 40.7 Å². The molecule has 1 aliphatic heterocycles. The van der Waals surface area contributed by atoms with Gasteiger partial charge in [0, 0.05) is 10.6 Å². The number of amides is 1. The van der Waals surface area contributed by atoms with Crippen LogP contribution in [0.3, 0.4) is 0 Å². The number of carbonyl (C=O) groups is 1. The van der Waals surface area contributed by atoms with E-state index in [1.807, 2.05) is 42.5 Å². The molecule has 0 atom stereocenters. The molecule has 0 saturated carbocycles. The van der Waals surface area contributed by atoms with Crippen LogP contribution in [-0.2, 0) is 11.4 Å². The van der Waals surface area contributed by atoms with Gasteiger partial charge in [0.05, 0.1) is 19.1 Å². The maximum atomic E-state index is 11.2. The van der Waals surface area contributed by atoms with Gasteiger partial charge in [-0.2, -0.15) is 5.10 Å². The van der Waals surface area contributed by atoms with Crippen molar-refractivity contribution in [2.45, 2.75) is 6.61 Å². The minimum Gasteiger partial charge on any atom is -0.493 e. The van der Waals surface area contributed by atoms with Crippen LogP contribution in [0.15, 0.2) is 52.7 Å². The number of ether oxygens (including phenoxy) is 2. The molecule has 3 rings (SSSR count). The molecule has 0 spiro atoms. The fraction of sp³-hybridized carbons (Fsp3) is 0.167. The average Bonchev–Trinajstić information content (AvgIpc) is 3.07. The summed E-state index contributed by atoms with van der Waals surface area (Å²) in [5.41, 5.74) is 1.70. The zero-order valence-corrected chi connectivity index (χ0v) is 15.5. The summed E-state index contributed by atoms with van der Waals surface area (Å²) in [7, 11) is 1.58. The highest BCUT2D eigenvalue weighted by molar-refractivity contribution is 8.15. The molecule has 0 radical (unpaired) electrons. The van der Waals surface area contributed by atoms with Crippen LogP contribution in [0.1, 0.15) is 11.1 Å². The third-order valence-corrected chi connectivity index (χ3v) is 4.57. The van der Waals surface area contributed by atoms with Crippen molar-refractivity contribution in [1.82, 2.24) is 5.32 Å². The number of thioether (sulfide) groups is 1. The van der Waals surface area contributed by atoms with Gasteiger partial charge < -0.3 is 14.8 Å². The van der Waals surface area contributed by atoms with Gasteiger partial charge in [-0.3, -0.25) is 4.79 Å². The summed E-state index contributed by atoms with van der Waals surface area (Å²) < 4.78 is 11.3. The largest absolute Gasteiger partial charge is 0.493 e. The van der Waals surface area contributed by atoms with Crippen LogP contribution < -0.4 is 14.8 Å². The van der Waals surface area contributed by atoms with E-state index in [1.165, 1.54) is 11.8 Å². The first-order chi connectivity index (χ1) is 12.7. The lowest BCUT2D eigenvalue weighted by Gasteiger charge is -2.13. The molecule has 6 nitrogen and oxygen atoms in total. The molecule has 0 bridgehead atoms. The Morgan fingerprint density at radius 2 is 2.08 bits per heavy atom. The van der Waals surface area contributed by atoms with Crippen molar-refractivity contribution in [3.63, 3.8) is 0 Å². The number of nitrogens with one attached hydrogen (secondary N) is 1. The Balaban J connectivity index is 1.77. The van der Waals surface area contributed by atoms with Crippen molar-refractivity contribution in [2.75, 3.05) is 12.9 Å². The number of benzene rings is 2. The molecular weight excluding hydrogens is 374 g/mol. The Morgan fingerprint density at radius 3 is 2.77 bits per heavy atom. The minimum absolute atomic E-state index is 0.0719.